The number of amides is 1. The summed E-state index contributed by atoms with van der Waals surface area (Å²) in [4.78, 5) is 40.0. The van der Waals surface area contributed by atoms with Crippen molar-refractivity contribution in [1.82, 2.24) is 20.0 Å². The van der Waals surface area contributed by atoms with Gasteiger partial charge >= 0.3 is 0 Å². The van der Waals surface area contributed by atoms with Crippen molar-refractivity contribution < 1.29 is 14.0 Å². The molecular formula is C25H23FN4O3. The highest BCUT2D eigenvalue weighted by Gasteiger charge is 2.33. The number of H-pyrrole nitrogens is 1. The highest BCUT2D eigenvalue weighted by molar-refractivity contribution is 5.95. The fourth-order valence-corrected chi connectivity index (χ4v) is 4.43. The molecule has 0 spiro atoms. The van der Waals surface area contributed by atoms with Crippen LogP contribution in [0.15, 0.2) is 53.0 Å². The van der Waals surface area contributed by atoms with E-state index in [2.05, 4.69) is 16.1 Å². The molecule has 3 aromatic rings. The Bertz CT molecular complexity index is 1330. The number of aromatic amines is 1. The summed E-state index contributed by atoms with van der Waals surface area (Å²) in [6, 6.07) is 11.7. The van der Waals surface area contributed by atoms with Crippen LogP contribution >= 0.6 is 0 Å². The Kier molecular flexibility index (Phi) is 5.52. The molecule has 2 fully saturated rings. The van der Waals surface area contributed by atoms with Crippen molar-refractivity contribution in [2.24, 2.45) is 5.92 Å². The van der Waals surface area contributed by atoms with Gasteiger partial charge in [-0.3, -0.25) is 9.59 Å². The van der Waals surface area contributed by atoms with Gasteiger partial charge in [-0.2, -0.15) is 5.10 Å². The minimum absolute atomic E-state index is 0.0167. The quantitative estimate of drug-likeness (QED) is 0.609. The largest absolute Gasteiger partial charge is 0.362 e. The zero-order valence-electron chi connectivity index (χ0n) is 18.0. The molecule has 1 N–H and O–H groups in total. The van der Waals surface area contributed by atoms with Gasteiger partial charge in [0.25, 0.3) is 11.5 Å². The van der Waals surface area contributed by atoms with Crippen molar-refractivity contribution in [3.05, 3.63) is 81.2 Å². The van der Waals surface area contributed by atoms with Crippen molar-refractivity contribution in [3.63, 3.8) is 0 Å². The maximum atomic E-state index is 14.6. The highest BCUT2D eigenvalue weighted by Crippen LogP contribution is 2.37. The number of allylic oxidation sites excluding steroid dienone is 1. The number of piperazine rings is 1. The maximum Gasteiger partial charge on any atom is 0.272 e. The first-order valence-electron chi connectivity index (χ1n) is 11.1. The maximum absolute atomic E-state index is 14.6. The molecule has 33 heavy (non-hydrogen) atoms. The van der Waals surface area contributed by atoms with Crippen molar-refractivity contribution >= 4 is 22.6 Å². The zero-order chi connectivity index (χ0) is 22.9. The molecule has 0 bridgehead atoms. The summed E-state index contributed by atoms with van der Waals surface area (Å²) >= 11 is 0. The summed E-state index contributed by atoms with van der Waals surface area (Å²) in [5, 5.41) is 7.94. The topological polar surface area (TPSA) is 86.4 Å². The number of halogens is 1. The lowest BCUT2D eigenvalue weighted by Crippen LogP contribution is -2.48. The van der Waals surface area contributed by atoms with Crippen molar-refractivity contribution in [2.45, 2.75) is 19.3 Å². The van der Waals surface area contributed by atoms with Crippen molar-refractivity contribution in [3.8, 4) is 0 Å². The lowest BCUT2D eigenvalue weighted by molar-refractivity contribution is 0.0662. The fourth-order valence-electron chi connectivity index (χ4n) is 4.43. The third kappa shape index (κ3) is 4.17. The van der Waals surface area contributed by atoms with Gasteiger partial charge in [0.15, 0.2) is 0 Å². The molecule has 1 aromatic heterocycles. The lowest BCUT2D eigenvalue weighted by Gasteiger charge is -2.36. The van der Waals surface area contributed by atoms with Gasteiger partial charge in [-0.15, -0.1) is 0 Å². The Morgan fingerprint density at radius 1 is 1.06 bits per heavy atom. The van der Waals surface area contributed by atoms with E-state index in [0.717, 1.165) is 23.8 Å². The predicted molar refractivity (Wildman–Crippen MR) is 121 cm³/mol. The summed E-state index contributed by atoms with van der Waals surface area (Å²) < 4.78 is 14.6. The van der Waals surface area contributed by atoms with E-state index in [4.69, 9.17) is 0 Å². The van der Waals surface area contributed by atoms with Crippen LogP contribution in [0.4, 0.5) is 4.39 Å². The van der Waals surface area contributed by atoms with Gasteiger partial charge in [0, 0.05) is 43.9 Å². The van der Waals surface area contributed by atoms with Gasteiger partial charge in [0.1, 0.15) is 17.5 Å². The molecule has 0 radical (unpaired) electrons. The second-order valence-electron chi connectivity index (χ2n) is 8.58. The standard InChI is InChI=1S/C25H23FN4O3/c26-21-8-5-16(14-22-18-3-1-2-4-19(18)24(32)28-27-22)13-20(21)25(33)30-11-9-29(10-12-30)23(15-31)17-6-7-17/h1-5,8,13,17H,6-7,9-12,14H2,(H,28,32). The van der Waals surface area contributed by atoms with Crippen LogP contribution in [-0.2, 0) is 11.2 Å². The molecule has 2 aromatic carbocycles. The Morgan fingerprint density at radius 2 is 1.76 bits per heavy atom. The Balaban J connectivity index is 1.34. The monoisotopic (exact) mass is 446 g/mol. The predicted octanol–water partition coefficient (Wildman–Crippen LogP) is 2.54. The van der Waals surface area contributed by atoms with Crippen LogP contribution in [0.25, 0.3) is 10.8 Å². The highest BCUT2D eigenvalue weighted by atomic mass is 19.1. The number of carbonyl (C=O) groups excluding carboxylic acids is 2. The molecule has 1 aliphatic carbocycles. The number of carbonyl (C=O) groups is 1. The molecule has 7 nitrogen and oxygen atoms in total. The van der Waals surface area contributed by atoms with E-state index in [1.54, 1.807) is 29.2 Å². The molecular weight excluding hydrogens is 423 g/mol. The molecule has 2 aliphatic rings. The van der Waals surface area contributed by atoms with E-state index in [-0.39, 0.29) is 17.0 Å². The molecule has 1 aliphatic heterocycles. The van der Waals surface area contributed by atoms with E-state index in [0.29, 0.717) is 55.3 Å². The third-order valence-corrected chi connectivity index (χ3v) is 6.38. The molecule has 5 rings (SSSR count). The number of aromatic nitrogens is 2. The summed E-state index contributed by atoms with van der Waals surface area (Å²) in [5.41, 5.74) is 1.83. The molecule has 1 saturated carbocycles. The Hall–Kier alpha value is -3.77. The smallest absolute Gasteiger partial charge is 0.272 e. The van der Waals surface area contributed by atoms with E-state index in [1.807, 2.05) is 17.0 Å². The molecule has 1 amide bonds. The number of nitrogens with one attached hydrogen (secondary N) is 1. The molecule has 0 unspecified atom stereocenters. The normalized spacial score (nSPS) is 16.0. The van der Waals surface area contributed by atoms with Gasteiger partial charge in [-0.1, -0.05) is 24.3 Å². The van der Waals surface area contributed by atoms with E-state index < -0.39 is 5.82 Å². The lowest BCUT2D eigenvalue weighted by atomic mass is 10.0. The van der Waals surface area contributed by atoms with Crippen LogP contribution in [0.1, 0.15) is 34.5 Å². The summed E-state index contributed by atoms with van der Waals surface area (Å²) in [5.74, 6) is 1.43. The summed E-state index contributed by atoms with van der Waals surface area (Å²) in [6.45, 7) is 1.93. The fraction of sp³-hybridized carbons (Fsp3) is 0.320. The summed E-state index contributed by atoms with van der Waals surface area (Å²) in [7, 11) is 0. The van der Waals surface area contributed by atoms with Crippen LogP contribution in [-0.4, -0.2) is 58.0 Å². The van der Waals surface area contributed by atoms with Crippen LogP contribution in [0.2, 0.25) is 0 Å². The van der Waals surface area contributed by atoms with Gasteiger partial charge in [-0.05, 0) is 36.6 Å². The average molecular weight is 446 g/mol. The average Bonchev–Trinajstić information content (AvgIpc) is 3.68. The van der Waals surface area contributed by atoms with E-state index in [9.17, 15) is 18.8 Å². The minimum Gasteiger partial charge on any atom is -0.362 e. The number of benzene rings is 2. The second kappa shape index (κ2) is 8.64. The minimum atomic E-state index is -0.572. The second-order valence-corrected chi connectivity index (χ2v) is 8.58. The SMILES string of the molecule is O=C=C(C1CC1)N1CCN(C(=O)c2cc(Cc3n[nH]c(=O)c4ccccc34)ccc2F)CC1. The first-order chi connectivity index (χ1) is 16.0. The first kappa shape index (κ1) is 21.1. The molecule has 8 heteroatoms. The Labute approximate surface area is 189 Å². The first-order valence-corrected chi connectivity index (χ1v) is 11.1. The van der Waals surface area contributed by atoms with Gasteiger partial charge < -0.3 is 9.80 Å². The molecule has 0 atom stereocenters. The number of nitrogens with zero attached hydrogens (tertiary/aromatic N) is 3. The van der Waals surface area contributed by atoms with Crippen LogP contribution in [0.5, 0.6) is 0 Å². The van der Waals surface area contributed by atoms with Crippen molar-refractivity contribution in [1.29, 1.82) is 0 Å². The van der Waals surface area contributed by atoms with Crippen molar-refractivity contribution in [2.75, 3.05) is 26.2 Å². The van der Waals surface area contributed by atoms with Gasteiger partial charge in [0.05, 0.1) is 16.6 Å². The van der Waals surface area contributed by atoms with Crippen LogP contribution in [0.3, 0.4) is 0 Å². The van der Waals surface area contributed by atoms with Gasteiger partial charge in [0.2, 0.25) is 0 Å². The van der Waals surface area contributed by atoms with E-state index >= 15 is 0 Å². The third-order valence-electron chi connectivity index (χ3n) is 6.38. The van der Waals surface area contributed by atoms with Crippen LogP contribution < -0.4 is 5.56 Å². The molecule has 2 heterocycles. The Morgan fingerprint density at radius 3 is 2.45 bits per heavy atom. The van der Waals surface area contributed by atoms with Gasteiger partial charge in [-0.25, -0.2) is 14.3 Å². The molecule has 168 valence electrons. The zero-order valence-corrected chi connectivity index (χ0v) is 18.0. The number of hydrogen-bond acceptors (Lipinski definition) is 5. The number of rotatable bonds is 5. The molecule has 1 saturated heterocycles. The number of hydrogen-bond donors (Lipinski definition) is 1. The summed E-state index contributed by atoms with van der Waals surface area (Å²) in [6.07, 6.45) is 2.38. The van der Waals surface area contributed by atoms with E-state index in [1.165, 1.54) is 6.07 Å². The number of fused-ring (bicyclic) bond motifs is 1. The van der Waals surface area contributed by atoms with Crippen LogP contribution in [0, 0.1) is 11.7 Å².